The Bertz CT molecular complexity index is 365. The van der Waals surface area contributed by atoms with E-state index in [9.17, 15) is 0 Å². The van der Waals surface area contributed by atoms with Crippen molar-refractivity contribution in [3.05, 3.63) is 42.5 Å². The molecule has 74 valence electrons. The van der Waals surface area contributed by atoms with Gasteiger partial charge in [-0.2, -0.15) is 5.10 Å². The van der Waals surface area contributed by atoms with E-state index < -0.39 is 0 Å². The monoisotopic (exact) mass is 189 g/mol. The van der Waals surface area contributed by atoms with Gasteiger partial charge in [0.1, 0.15) is 12.2 Å². The number of aromatic nitrogens is 3. The Labute approximate surface area is 84.4 Å². The number of hydrogen-bond acceptors (Lipinski definition) is 2. The smallest absolute Gasteiger partial charge is 0.147 e. The van der Waals surface area contributed by atoms with Gasteiger partial charge in [0.2, 0.25) is 0 Å². The Kier molecular flexibility index (Phi) is 3.85. The largest absolute Gasteiger partial charge is 0.221 e. The number of benzene rings is 1. The van der Waals surface area contributed by atoms with Crippen molar-refractivity contribution in [3.8, 4) is 5.69 Å². The molecule has 1 aromatic carbocycles. The van der Waals surface area contributed by atoms with Crippen molar-refractivity contribution in [3.63, 3.8) is 0 Å². The average molecular weight is 189 g/mol. The lowest BCUT2D eigenvalue weighted by Crippen LogP contribution is -1.93. The lowest BCUT2D eigenvalue weighted by atomic mass is 10.3. The zero-order chi connectivity index (χ0) is 10.4. The second-order valence-corrected chi connectivity index (χ2v) is 2.57. The number of aryl methyl sites for hydroxylation is 1. The van der Waals surface area contributed by atoms with E-state index in [1.807, 2.05) is 51.1 Å². The Morgan fingerprint density at radius 1 is 1.07 bits per heavy atom. The first kappa shape index (κ1) is 10.4. The molecule has 0 saturated carbocycles. The minimum atomic E-state index is 0.791. The molecule has 0 aliphatic carbocycles. The SMILES string of the molecule is CC.Cc1ncn(-c2ccccc2)n1. The van der Waals surface area contributed by atoms with Crippen LogP contribution in [0.2, 0.25) is 0 Å². The highest BCUT2D eigenvalue weighted by atomic mass is 15.3. The number of hydrogen-bond donors (Lipinski definition) is 0. The molecular weight excluding hydrogens is 174 g/mol. The van der Waals surface area contributed by atoms with Crippen molar-refractivity contribution in [1.82, 2.24) is 14.8 Å². The fraction of sp³-hybridized carbons (Fsp3) is 0.273. The summed E-state index contributed by atoms with van der Waals surface area (Å²) >= 11 is 0. The van der Waals surface area contributed by atoms with Crippen molar-refractivity contribution in [2.75, 3.05) is 0 Å². The second kappa shape index (κ2) is 5.17. The molecule has 1 heterocycles. The zero-order valence-corrected chi connectivity index (χ0v) is 8.81. The molecule has 0 N–H and O–H groups in total. The minimum Gasteiger partial charge on any atom is -0.221 e. The lowest BCUT2D eigenvalue weighted by molar-refractivity contribution is 0.863. The molecule has 2 aromatic rings. The summed E-state index contributed by atoms with van der Waals surface area (Å²) in [5.74, 6) is 0.791. The summed E-state index contributed by atoms with van der Waals surface area (Å²) in [6.45, 7) is 5.87. The first-order valence-corrected chi connectivity index (χ1v) is 4.80. The quantitative estimate of drug-likeness (QED) is 0.690. The molecule has 14 heavy (non-hydrogen) atoms. The van der Waals surface area contributed by atoms with Crippen LogP contribution in [0.1, 0.15) is 19.7 Å². The summed E-state index contributed by atoms with van der Waals surface area (Å²) in [6.07, 6.45) is 1.71. The first-order valence-electron chi connectivity index (χ1n) is 4.80. The van der Waals surface area contributed by atoms with E-state index in [4.69, 9.17) is 0 Å². The van der Waals surface area contributed by atoms with Crippen LogP contribution in [0, 0.1) is 6.92 Å². The van der Waals surface area contributed by atoms with Crippen LogP contribution in [0.3, 0.4) is 0 Å². The van der Waals surface area contributed by atoms with Crippen LogP contribution in [0.5, 0.6) is 0 Å². The number of para-hydroxylation sites is 1. The van der Waals surface area contributed by atoms with Crippen LogP contribution >= 0.6 is 0 Å². The molecular formula is C11H15N3. The van der Waals surface area contributed by atoms with Gasteiger partial charge in [0.15, 0.2) is 0 Å². The van der Waals surface area contributed by atoms with Crippen molar-refractivity contribution < 1.29 is 0 Å². The lowest BCUT2D eigenvalue weighted by Gasteiger charge is -1.96. The van der Waals surface area contributed by atoms with E-state index in [0.29, 0.717) is 0 Å². The van der Waals surface area contributed by atoms with Gasteiger partial charge in [0.05, 0.1) is 5.69 Å². The third kappa shape index (κ3) is 2.42. The molecule has 0 aliphatic rings. The van der Waals surface area contributed by atoms with Gasteiger partial charge in [-0.25, -0.2) is 9.67 Å². The van der Waals surface area contributed by atoms with E-state index in [2.05, 4.69) is 10.1 Å². The van der Waals surface area contributed by atoms with Crippen LogP contribution < -0.4 is 0 Å². The normalized spacial score (nSPS) is 9.07. The van der Waals surface area contributed by atoms with Gasteiger partial charge in [0.25, 0.3) is 0 Å². The molecule has 0 spiro atoms. The Morgan fingerprint density at radius 3 is 2.21 bits per heavy atom. The van der Waals surface area contributed by atoms with Gasteiger partial charge in [0, 0.05) is 0 Å². The second-order valence-electron chi connectivity index (χ2n) is 2.57. The Morgan fingerprint density at radius 2 is 1.71 bits per heavy atom. The summed E-state index contributed by atoms with van der Waals surface area (Å²) in [6, 6.07) is 9.92. The van der Waals surface area contributed by atoms with Crippen LogP contribution in [-0.2, 0) is 0 Å². The number of rotatable bonds is 1. The van der Waals surface area contributed by atoms with E-state index in [-0.39, 0.29) is 0 Å². The molecule has 0 amide bonds. The van der Waals surface area contributed by atoms with Gasteiger partial charge < -0.3 is 0 Å². The van der Waals surface area contributed by atoms with Crippen molar-refractivity contribution in [2.24, 2.45) is 0 Å². The highest BCUT2D eigenvalue weighted by molar-refractivity contribution is 5.29. The summed E-state index contributed by atoms with van der Waals surface area (Å²) < 4.78 is 1.76. The third-order valence-corrected chi connectivity index (χ3v) is 1.63. The molecule has 3 nitrogen and oxygen atoms in total. The molecule has 1 aromatic heterocycles. The van der Waals surface area contributed by atoms with Crippen molar-refractivity contribution in [2.45, 2.75) is 20.8 Å². The molecule has 0 fully saturated rings. The predicted molar refractivity (Wildman–Crippen MR) is 57.4 cm³/mol. The maximum Gasteiger partial charge on any atom is 0.147 e. The molecule has 0 saturated heterocycles. The molecule has 0 unspecified atom stereocenters. The minimum absolute atomic E-state index is 0.791. The maximum absolute atomic E-state index is 4.19. The average Bonchev–Trinajstić information content (AvgIpc) is 2.69. The van der Waals surface area contributed by atoms with E-state index in [0.717, 1.165) is 11.5 Å². The van der Waals surface area contributed by atoms with E-state index in [1.54, 1.807) is 11.0 Å². The van der Waals surface area contributed by atoms with Gasteiger partial charge in [-0.15, -0.1) is 0 Å². The molecule has 0 atom stereocenters. The van der Waals surface area contributed by atoms with E-state index >= 15 is 0 Å². The third-order valence-electron chi connectivity index (χ3n) is 1.63. The highest BCUT2D eigenvalue weighted by Gasteiger charge is 1.95. The van der Waals surface area contributed by atoms with Gasteiger partial charge in [-0.05, 0) is 19.1 Å². The van der Waals surface area contributed by atoms with Gasteiger partial charge >= 0.3 is 0 Å². The van der Waals surface area contributed by atoms with Crippen molar-refractivity contribution in [1.29, 1.82) is 0 Å². The fourth-order valence-corrected chi connectivity index (χ4v) is 1.05. The Balaban J connectivity index is 0.000000461. The summed E-state index contributed by atoms with van der Waals surface area (Å²) in [5.41, 5.74) is 1.04. The zero-order valence-electron chi connectivity index (χ0n) is 8.81. The molecule has 2 rings (SSSR count). The standard InChI is InChI=1S/C9H9N3.C2H6/c1-8-10-7-12(11-8)9-5-3-2-4-6-9;1-2/h2-7H,1H3;1-2H3. The van der Waals surface area contributed by atoms with E-state index in [1.165, 1.54) is 0 Å². The molecule has 0 aliphatic heterocycles. The van der Waals surface area contributed by atoms with Gasteiger partial charge in [-0.3, -0.25) is 0 Å². The first-order chi connectivity index (χ1) is 6.86. The summed E-state index contributed by atoms with van der Waals surface area (Å²) in [4.78, 5) is 4.04. The molecule has 3 heteroatoms. The fourth-order valence-electron chi connectivity index (χ4n) is 1.05. The molecule has 0 bridgehead atoms. The maximum atomic E-state index is 4.19. The van der Waals surface area contributed by atoms with Crippen molar-refractivity contribution >= 4 is 0 Å². The van der Waals surface area contributed by atoms with Crippen LogP contribution in [0.25, 0.3) is 5.69 Å². The topological polar surface area (TPSA) is 30.7 Å². The van der Waals surface area contributed by atoms with Gasteiger partial charge in [-0.1, -0.05) is 32.0 Å². The van der Waals surface area contributed by atoms with Crippen LogP contribution in [0.15, 0.2) is 36.7 Å². The summed E-state index contributed by atoms with van der Waals surface area (Å²) in [5, 5.41) is 4.19. The van der Waals surface area contributed by atoms with Crippen LogP contribution in [0.4, 0.5) is 0 Å². The Hall–Kier alpha value is -1.64. The highest BCUT2D eigenvalue weighted by Crippen LogP contribution is 2.03. The molecule has 0 radical (unpaired) electrons. The summed E-state index contributed by atoms with van der Waals surface area (Å²) in [7, 11) is 0. The van der Waals surface area contributed by atoms with Crippen LogP contribution in [-0.4, -0.2) is 14.8 Å². The number of nitrogens with zero attached hydrogens (tertiary/aromatic N) is 3. The predicted octanol–water partition coefficient (Wildman–Crippen LogP) is 2.60.